The van der Waals surface area contributed by atoms with E-state index in [0.717, 1.165) is 12.8 Å². The van der Waals surface area contributed by atoms with Crippen LogP contribution in [0.15, 0.2) is 0 Å². The number of alkyl halides is 3. The smallest absolute Gasteiger partial charge is 0.382 e. The Labute approximate surface area is 89.0 Å². The topological polar surface area (TPSA) is 35.2 Å². The lowest BCUT2D eigenvalue weighted by molar-refractivity contribution is -0.135. The van der Waals surface area contributed by atoms with Crippen molar-refractivity contribution in [3.63, 3.8) is 0 Å². The molecule has 0 heterocycles. The van der Waals surface area contributed by atoms with Crippen LogP contribution >= 0.6 is 0 Å². The van der Waals surface area contributed by atoms with Gasteiger partial charge in [-0.1, -0.05) is 0 Å². The van der Waals surface area contributed by atoms with Crippen LogP contribution in [0.3, 0.4) is 0 Å². The van der Waals surface area contributed by atoms with Crippen molar-refractivity contribution in [3.8, 4) is 0 Å². The maximum Gasteiger partial charge on any atom is 0.389 e. The molecule has 0 spiro atoms. The van der Waals surface area contributed by atoms with E-state index in [0.29, 0.717) is 19.6 Å². The summed E-state index contributed by atoms with van der Waals surface area (Å²) in [5.74, 6) is 0. The van der Waals surface area contributed by atoms with Crippen molar-refractivity contribution in [2.75, 3.05) is 13.2 Å². The zero-order chi connectivity index (χ0) is 11.7. The summed E-state index contributed by atoms with van der Waals surface area (Å²) in [5.41, 5.74) is 5.66. The molecule has 2 N–H and O–H groups in total. The quantitative estimate of drug-likeness (QED) is 0.647. The Morgan fingerprint density at radius 3 is 2.33 bits per heavy atom. The molecule has 2 nitrogen and oxygen atoms in total. The molecule has 1 unspecified atom stereocenters. The lowest BCUT2D eigenvalue weighted by Gasteiger charge is -2.12. The number of rotatable bonds is 8. The Morgan fingerprint density at radius 2 is 1.80 bits per heavy atom. The third-order valence-corrected chi connectivity index (χ3v) is 2.10. The molecule has 0 rings (SSSR count). The van der Waals surface area contributed by atoms with E-state index in [1.807, 2.05) is 6.92 Å². The maximum absolute atomic E-state index is 11.8. The van der Waals surface area contributed by atoms with Crippen molar-refractivity contribution in [1.82, 2.24) is 0 Å². The standard InChI is InChI=1S/C10H20F3NO/c1-2-15-8-4-6-9(14)5-3-7-10(11,12)13/h9H,2-8,14H2,1H3. The van der Waals surface area contributed by atoms with Gasteiger partial charge in [0, 0.05) is 25.7 Å². The van der Waals surface area contributed by atoms with Gasteiger partial charge in [0.2, 0.25) is 0 Å². The van der Waals surface area contributed by atoms with Gasteiger partial charge in [0.15, 0.2) is 0 Å². The van der Waals surface area contributed by atoms with E-state index in [-0.39, 0.29) is 12.5 Å². The van der Waals surface area contributed by atoms with Gasteiger partial charge in [-0.25, -0.2) is 0 Å². The number of halogens is 3. The highest BCUT2D eigenvalue weighted by Crippen LogP contribution is 2.22. The van der Waals surface area contributed by atoms with Crippen molar-refractivity contribution in [2.45, 2.75) is 51.2 Å². The summed E-state index contributed by atoms with van der Waals surface area (Å²) in [6.07, 6.45) is -2.67. The molecule has 0 aliphatic heterocycles. The Balaban J connectivity index is 3.29. The fourth-order valence-electron chi connectivity index (χ4n) is 1.30. The molecule has 0 aromatic carbocycles. The first-order valence-electron chi connectivity index (χ1n) is 5.35. The Hall–Kier alpha value is -0.290. The molecule has 0 bridgehead atoms. The Morgan fingerprint density at radius 1 is 1.20 bits per heavy atom. The van der Waals surface area contributed by atoms with Crippen LogP contribution in [0.5, 0.6) is 0 Å². The second-order valence-corrected chi connectivity index (χ2v) is 3.61. The molecular weight excluding hydrogens is 207 g/mol. The minimum atomic E-state index is -4.05. The summed E-state index contributed by atoms with van der Waals surface area (Å²) in [6, 6.07) is -0.132. The van der Waals surface area contributed by atoms with Gasteiger partial charge in [-0.05, 0) is 32.6 Å². The van der Waals surface area contributed by atoms with Gasteiger partial charge >= 0.3 is 6.18 Å². The molecule has 0 aromatic rings. The maximum atomic E-state index is 11.8. The van der Waals surface area contributed by atoms with Crippen LogP contribution in [-0.4, -0.2) is 25.4 Å². The number of hydrogen-bond donors (Lipinski definition) is 1. The van der Waals surface area contributed by atoms with E-state index >= 15 is 0 Å². The first-order chi connectivity index (χ1) is 6.95. The van der Waals surface area contributed by atoms with Crippen LogP contribution in [-0.2, 0) is 4.74 Å². The molecule has 0 aliphatic carbocycles. The molecule has 5 heteroatoms. The lowest BCUT2D eigenvalue weighted by Crippen LogP contribution is -2.21. The zero-order valence-electron chi connectivity index (χ0n) is 9.15. The van der Waals surface area contributed by atoms with Crippen LogP contribution < -0.4 is 5.73 Å². The van der Waals surface area contributed by atoms with Crippen LogP contribution in [0.2, 0.25) is 0 Å². The second kappa shape index (κ2) is 7.93. The molecule has 0 fully saturated rings. The molecule has 0 saturated heterocycles. The van der Waals surface area contributed by atoms with Gasteiger partial charge in [-0.2, -0.15) is 13.2 Å². The highest BCUT2D eigenvalue weighted by atomic mass is 19.4. The van der Waals surface area contributed by atoms with E-state index in [1.165, 1.54) is 0 Å². The average molecular weight is 227 g/mol. The first-order valence-corrected chi connectivity index (χ1v) is 5.35. The van der Waals surface area contributed by atoms with Crippen molar-refractivity contribution in [1.29, 1.82) is 0 Å². The molecule has 0 aliphatic rings. The monoisotopic (exact) mass is 227 g/mol. The molecule has 92 valence electrons. The molecule has 1 atom stereocenters. The third kappa shape index (κ3) is 11.6. The van der Waals surface area contributed by atoms with Crippen molar-refractivity contribution in [2.24, 2.45) is 5.73 Å². The SMILES string of the molecule is CCOCCCC(N)CCCC(F)(F)F. The van der Waals surface area contributed by atoms with Gasteiger partial charge in [-0.15, -0.1) is 0 Å². The van der Waals surface area contributed by atoms with Crippen molar-refractivity contribution in [3.05, 3.63) is 0 Å². The number of hydrogen-bond acceptors (Lipinski definition) is 2. The van der Waals surface area contributed by atoms with Crippen LogP contribution in [0.1, 0.15) is 39.0 Å². The lowest BCUT2D eigenvalue weighted by atomic mass is 10.1. The van der Waals surface area contributed by atoms with Crippen LogP contribution in [0, 0.1) is 0 Å². The number of nitrogens with two attached hydrogens (primary N) is 1. The zero-order valence-corrected chi connectivity index (χ0v) is 9.15. The summed E-state index contributed by atoms with van der Waals surface area (Å²) in [5, 5.41) is 0. The van der Waals surface area contributed by atoms with Gasteiger partial charge in [-0.3, -0.25) is 0 Å². The largest absolute Gasteiger partial charge is 0.389 e. The summed E-state index contributed by atoms with van der Waals surface area (Å²) in [6.45, 7) is 3.22. The van der Waals surface area contributed by atoms with Gasteiger partial charge < -0.3 is 10.5 Å². The van der Waals surface area contributed by atoms with Gasteiger partial charge in [0.1, 0.15) is 0 Å². The van der Waals surface area contributed by atoms with Crippen LogP contribution in [0.4, 0.5) is 13.2 Å². The van der Waals surface area contributed by atoms with Crippen LogP contribution in [0.25, 0.3) is 0 Å². The van der Waals surface area contributed by atoms with Gasteiger partial charge in [0.05, 0.1) is 0 Å². The number of ether oxygens (including phenoxy) is 1. The predicted octanol–water partition coefficient (Wildman–Crippen LogP) is 2.86. The highest BCUT2D eigenvalue weighted by Gasteiger charge is 2.26. The fraction of sp³-hybridized carbons (Fsp3) is 1.00. The Bertz CT molecular complexity index is 150. The first kappa shape index (κ1) is 14.7. The van der Waals surface area contributed by atoms with Crippen molar-refractivity contribution < 1.29 is 17.9 Å². The molecule has 0 amide bonds. The normalized spacial score (nSPS) is 14.2. The molecule has 0 radical (unpaired) electrons. The van der Waals surface area contributed by atoms with E-state index in [1.54, 1.807) is 0 Å². The van der Waals surface area contributed by atoms with E-state index < -0.39 is 12.6 Å². The van der Waals surface area contributed by atoms with E-state index in [4.69, 9.17) is 10.5 Å². The van der Waals surface area contributed by atoms with Gasteiger partial charge in [0.25, 0.3) is 0 Å². The predicted molar refractivity (Wildman–Crippen MR) is 53.6 cm³/mol. The second-order valence-electron chi connectivity index (χ2n) is 3.61. The minimum absolute atomic E-state index is 0.124. The summed E-state index contributed by atoms with van der Waals surface area (Å²) < 4.78 is 40.5. The molecule has 0 aromatic heterocycles. The average Bonchev–Trinajstić information content (AvgIpc) is 2.10. The minimum Gasteiger partial charge on any atom is -0.382 e. The molecular formula is C10H20F3NO. The van der Waals surface area contributed by atoms with E-state index in [2.05, 4.69) is 0 Å². The summed E-state index contributed by atoms with van der Waals surface area (Å²) in [7, 11) is 0. The molecule has 15 heavy (non-hydrogen) atoms. The van der Waals surface area contributed by atoms with Crippen molar-refractivity contribution >= 4 is 0 Å². The summed E-state index contributed by atoms with van der Waals surface area (Å²) in [4.78, 5) is 0. The summed E-state index contributed by atoms with van der Waals surface area (Å²) >= 11 is 0. The highest BCUT2D eigenvalue weighted by molar-refractivity contribution is 4.63. The van der Waals surface area contributed by atoms with E-state index in [9.17, 15) is 13.2 Å². The molecule has 0 saturated carbocycles. The Kier molecular flexibility index (Phi) is 7.78. The fourth-order valence-corrected chi connectivity index (χ4v) is 1.30. The third-order valence-electron chi connectivity index (χ3n) is 2.10.